The van der Waals surface area contributed by atoms with Gasteiger partial charge in [0.15, 0.2) is 0 Å². The molecule has 36 heavy (non-hydrogen) atoms. The highest BCUT2D eigenvalue weighted by atomic mass is 32.1. The molecule has 4 rings (SSSR count). The van der Waals surface area contributed by atoms with E-state index in [0.717, 1.165) is 27.6 Å². The number of ether oxygens (including phenoxy) is 3. The number of carbonyl (C=O) groups excluding carboxylic acids is 1. The predicted octanol–water partition coefficient (Wildman–Crippen LogP) is 6.58. The van der Waals surface area contributed by atoms with Gasteiger partial charge in [0, 0.05) is 17.7 Å². The number of aryl methyl sites for hydroxylation is 2. The second kappa shape index (κ2) is 11.4. The maximum absolute atomic E-state index is 12.8. The van der Waals surface area contributed by atoms with Gasteiger partial charge >= 0.3 is 5.97 Å². The number of hydrogen-bond donors (Lipinski definition) is 0. The third-order valence-electron chi connectivity index (χ3n) is 5.71. The zero-order chi connectivity index (χ0) is 25.5. The van der Waals surface area contributed by atoms with Gasteiger partial charge in [-0.25, -0.2) is 9.78 Å². The molecule has 0 radical (unpaired) electrons. The molecule has 0 amide bonds. The topological polar surface area (TPSA) is 70.8 Å². The van der Waals surface area contributed by atoms with E-state index in [1.54, 1.807) is 25.2 Å². The molecule has 0 N–H and O–H groups in total. The van der Waals surface area contributed by atoms with Crippen molar-refractivity contribution in [1.29, 1.82) is 0 Å². The summed E-state index contributed by atoms with van der Waals surface area (Å²) in [5.74, 6) is 2.44. The Morgan fingerprint density at radius 3 is 2.42 bits per heavy atom. The normalized spacial score (nSPS) is 12.7. The lowest BCUT2D eigenvalue weighted by Gasteiger charge is -2.28. The van der Waals surface area contributed by atoms with Gasteiger partial charge < -0.3 is 18.6 Å². The molecule has 0 bridgehead atoms. The van der Waals surface area contributed by atoms with Crippen LogP contribution in [-0.2, 0) is 22.4 Å². The first-order valence-electron chi connectivity index (χ1n) is 12.0. The van der Waals surface area contributed by atoms with Gasteiger partial charge in [-0.3, -0.25) is 0 Å². The lowest BCUT2D eigenvalue weighted by Crippen LogP contribution is -2.45. The monoisotopic (exact) mass is 505 g/mol. The quantitative estimate of drug-likeness (QED) is 0.214. The first-order valence-corrected chi connectivity index (χ1v) is 12.8. The number of aromatic nitrogens is 1. The first-order chi connectivity index (χ1) is 17.4. The Labute approximate surface area is 215 Å². The second-order valence-electron chi connectivity index (χ2n) is 8.72. The molecule has 0 saturated carbocycles. The standard InChI is InChI=1S/C29H31NO5S/c1-5-32-28(31)29(4,35-24-9-7-6-8-10-24)19-22-12-14-23(15-13-22)33-18-17-25-21(3)34-27(30-25)26-16-11-20(2)36-26/h6-16H,5,17-19H2,1-4H3/t29-/m0/s1. The highest BCUT2D eigenvalue weighted by Gasteiger charge is 2.37. The van der Waals surface area contributed by atoms with E-state index in [1.165, 1.54) is 4.88 Å². The predicted molar refractivity (Wildman–Crippen MR) is 141 cm³/mol. The molecule has 7 heteroatoms. The van der Waals surface area contributed by atoms with Crippen LogP contribution in [0.5, 0.6) is 11.5 Å². The van der Waals surface area contributed by atoms with Crippen LogP contribution in [0.3, 0.4) is 0 Å². The molecule has 0 saturated heterocycles. The van der Waals surface area contributed by atoms with Crippen LogP contribution in [0, 0.1) is 13.8 Å². The molecule has 0 aliphatic rings. The Kier molecular flexibility index (Phi) is 8.10. The summed E-state index contributed by atoms with van der Waals surface area (Å²) >= 11 is 1.67. The molecule has 0 unspecified atom stereocenters. The van der Waals surface area contributed by atoms with Crippen LogP contribution in [0.1, 0.15) is 35.7 Å². The lowest BCUT2D eigenvalue weighted by molar-refractivity contribution is -0.160. The Hall–Kier alpha value is -3.58. The Morgan fingerprint density at radius 2 is 1.75 bits per heavy atom. The van der Waals surface area contributed by atoms with Gasteiger partial charge in [-0.2, -0.15) is 0 Å². The molecule has 4 aromatic rings. The SMILES string of the molecule is CCOC(=O)[C@](C)(Cc1ccc(OCCc2nc(-c3ccc(C)s3)oc2C)cc1)Oc1ccccc1. The van der Waals surface area contributed by atoms with Crippen LogP contribution < -0.4 is 9.47 Å². The minimum Gasteiger partial charge on any atom is -0.493 e. The van der Waals surface area contributed by atoms with E-state index in [-0.39, 0.29) is 0 Å². The minimum absolute atomic E-state index is 0.290. The number of para-hydroxylation sites is 1. The number of oxazole rings is 1. The molecule has 2 heterocycles. The molecule has 0 spiro atoms. The fourth-order valence-corrected chi connectivity index (χ4v) is 4.65. The number of thiophene rings is 1. The number of carbonyl (C=O) groups is 1. The van der Waals surface area contributed by atoms with E-state index in [2.05, 4.69) is 18.0 Å². The summed E-state index contributed by atoms with van der Waals surface area (Å²) in [6, 6.07) is 21.1. The summed E-state index contributed by atoms with van der Waals surface area (Å²) in [7, 11) is 0. The van der Waals surface area contributed by atoms with Crippen LogP contribution in [0.25, 0.3) is 10.8 Å². The van der Waals surface area contributed by atoms with Crippen molar-refractivity contribution in [2.45, 2.75) is 46.1 Å². The largest absolute Gasteiger partial charge is 0.493 e. The number of hydrogen-bond acceptors (Lipinski definition) is 7. The van der Waals surface area contributed by atoms with Crippen LogP contribution >= 0.6 is 11.3 Å². The Balaban J connectivity index is 1.36. The zero-order valence-corrected chi connectivity index (χ0v) is 21.9. The van der Waals surface area contributed by atoms with E-state index in [1.807, 2.05) is 67.6 Å². The lowest BCUT2D eigenvalue weighted by atomic mass is 9.96. The van der Waals surface area contributed by atoms with Crippen LogP contribution in [0.15, 0.2) is 71.1 Å². The number of esters is 1. The van der Waals surface area contributed by atoms with Crippen molar-refractivity contribution in [1.82, 2.24) is 4.98 Å². The summed E-state index contributed by atoms with van der Waals surface area (Å²) in [4.78, 5) is 19.7. The van der Waals surface area contributed by atoms with E-state index in [0.29, 0.717) is 37.7 Å². The number of benzene rings is 2. The first kappa shape index (κ1) is 25.5. The molecule has 6 nitrogen and oxygen atoms in total. The van der Waals surface area contributed by atoms with E-state index in [9.17, 15) is 4.79 Å². The summed E-state index contributed by atoms with van der Waals surface area (Å²) in [5, 5.41) is 0. The molecule has 1 atom stereocenters. The van der Waals surface area contributed by atoms with Gasteiger partial charge in [0.25, 0.3) is 0 Å². The highest BCUT2D eigenvalue weighted by Crippen LogP contribution is 2.29. The average molecular weight is 506 g/mol. The van der Waals surface area contributed by atoms with E-state index >= 15 is 0 Å². The van der Waals surface area contributed by atoms with Crippen molar-refractivity contribution < 1.29 is 23.4 Å². The van der Waals surface area contributed by atoms with Crippen LogP contribution in [0.2, 0.25) is 0 Å². The molecule has 2 aromatic carbocycles. The molecule has 2 aromatic heterocycles. The Bertz CT molecular complexity index is 1280. The van der Waals surface area contributed by atoms with Gasteiger partial charge in [-0.15, -0.1) is 11.3 Å². The van der Waals surface area contributed by atoms with Crippen molar-refractivity contribution in [3.05, 3.63) is 88.6 Å². The van der Waals surface area contributed by atoms with Gasteiger partial charge in [0.1, 0.15) is 17.3 Å². The molecule has 188 valence electrons. The fourth-order valence-electron chi connectivity index (χ4n) is 3.86. The van der Waals surface area contributed by atoms with Crippen LogP contribution in [-0.4, -0.2) is 29.8 Å². The summed E-state index contributed by atoms with van der Waals surface area (Å²) in [5.41, 5.74) is 0.691. The zero-order valence-electron chi connectivity index (χ0n) is 21.1. The highest BCUT2D eigenvalue weighted by molar-refractivity contribution is 7.15. The van der Waals surface area contributed by atoms with Crippen molar-refractivity contribution in [3.63, 3.8) is 0 Å². The van der Waals surface area contributed by atoms with Gasteiger partial charge in [-0.05, 0) is 69.7 Å². The third-order valence-corrected chi connectivity index (χ3v) is 6.70. The maximum Gasteiger partial charge on any atom is 0.350 e. The van der Waals surface area contributed by atoms with E-state index in [4.69, 9.17) is 18.6 Å². The molecule has 0 aliphatic carbocycles. The third kappa shape index (κ3) is 6.34. The summed E-state index contributed by atoms with van der Waals surface area (Å²) < 4.78 is 23.2. The fraction of sp³-hybridized carbons (Fsp3) is 0.310. The smallest absolute Gasteiger partial charge is 0.350 e. The van der Waals surface area contributed by atoms with E-state index < -0.39 is 11.6 Å². The van der Waals surface area contributed by atoms with Gasteiger partial charge in [0.05, 0.1) is 23.8 Å². The summed E-state index contributed by atoms with van der Waals surface area (Å²) in [6.07, 6.45) is 1.01. The van der Waals surface area contributed by atoms with Gasteiger partial charge in [-0.1, -0.05) is 30.3 Å². The van der Waals surface area contributed by atoms with Crippen LogP contribution in [0.4, 0.5) is 0 Å². The maximum atomic E-state index is 12.8. The summed E-state index contributed by atoms with van der Waals surface area (Å²) in [6.45, 7) is 8.31. The molecular formula is C29H31NO5S. The molecular weight excluding hydrogens is 474 g/mol. The Morgan fingerprint density at radius 1 is 1.00 bits per heavy atom. The number of nitrogens with zero attached hydrogens (tertiary/aromatic N) is 1. The molecule has 0 fully saturated rings. The van der Waals surface area contributed by atoms with Crippen molar-refractivity contribution in [2.24, 2.45) is 0 Å². The minimum atomic E-state index is -1.15. The number of rotatable bonds is 11. The second-order valence-corrected chi connectivity index (χ2v) is 10.0. The van der Waals surface area contributed by atoms with Crippen molar-refractivity contribution in [2.75, 3.05) is 13.2 Å². The van der Waals surface area contributed by atoms with Crippen molar-refractivity contribution >= 4 is 17.3 Å². The average Bonchev–Trinajstić information content (AvgIpc) is 3.46. The molecule has 0 aliphatic heterocycles. The van der Waals surface area contributed by atoms with Crippen molar-refractivity contribution in [3.8, 4) is 22.3 Å². The van der Waals surface area contributed by atoms with Gasteiger partial charge in [0.2, 0.25) is 11.5 Å².